The quantitative estimate of drug-likeness (QED) is 0.691. The normalized spacial score (nSPS) is 12.0. The highest BCUT2D eigenvalue weighted by Crippen LogP contribution is 2.30. The van der Waals surface area contributed by atoms with E-state index in [1.807, 2.05) is 0 Å². The van der Waals surface area contributed by atoms with Crippen LogP contribution < -0.4 is 0 Å². The number of hydrogen-bond acceptors (Lipinski definition) is 3. The Hall–Kier alpha value is -2.15. The third kappa shape index (κ3) is 2.09. The van der Waals surface area contributed by atoms with Crippen molar-refractivity contribution in [2.24, 2.45) is 0 Å². The number of alkyl halides is 3. The maximum absolute atomic E-state index is 12.6. The van der Waals surface area contributed by atoms with Gasteiger partial charge in [-0.1, -0.05) is 35.9 Å². The molecule has 0 unspecified atom stereocenters. The minimum Gasteiger partial charge on any atom is -0.220 e. The molecule has 2 aromatic heterocycles. The van der Waals surface area contributed by atoms with E-state index in [0.29, 0.717) is 10.8 Å². The SMILES string of the molecule is FC(F)(F)c1cnn(-c2nnc(Cl)c3ccccc23)c1. The van der Waals surface area contributed by atoms with Crippen molar-refractivity contribution >= 4 is 22.4 Å². The molecule has 0 saturated heterocycles. The predicted molar refractivity (Wildman–Crippen MR) is 66.7 cm³/mol. The minimum absolute atomic E-state index is 0.188. The molecule has 0 radical (unpaired) electrons. The molecular formula is C12H6ClF3N4. The van der Waals surface area contributed by atoms with Gasteiger partial charge in [0.15, 0.2) is 11.0 Å². The Kier molecular flexibility index (Phi) is 2.86. The van der Waals surface area contributed by atoms with E-state index in [-0.39, 0.29) is 11.0 Å². The van der Waals surface area contributed by atoms with E-state index in [1.54, 1.807) is 24.3 Å². The zero-order valence-electron chi connectivity index (χ0n) is 9.76. The van der Waals surface area contributed by atoms with E-state index < -0.39 is 11.7 Å². The molecule has 1 aromatic carbocycles. The third-order valence-electron chi connectivity index (χ3n) is 2.75. The van der Waals surface area contributed by atoms with Gasteiger partial charge >= 0.3 is 6.18 Å². The molecule has 20 heavy (non-hydrogen) atoms. The number of nitrogens with zero attached hydrogens (tertiary/aromatic N) is 4. The average Bonchev–Trinajstić information content (AvgIpc) is 2.89. The molecule has 0 atom stereocenters. The van der Waals surface area contributed by atoms with Crippen molar-refractivity contribution in [2.75, 3.05) is 0 Å². The summed E-state index contributed by atoms with van der Waals surface area (Å²) in [5.41, 5.74) is -0.849. The first kappa shape index (κ1) is 12.9. The second kappa shape index (κ2) is 4.45. The summed E-state index contributed by atoms with van der Waals surface area (Å²) in [5, 5.41) is 12.6. The van der Waals surface area contributed by atoms with Crippen LogP contribution in [0.3, 0.4) is 0 Å². The third-order valence-corrected chi connectivity index (χ3v) is 3.03. The molecule has 0 bridgehead atoms. The van der Waals surface area contributed by atoms with Gasteiger partial charge in [0.25, 0.3) is 0 Å². The summed E-state index contributed by atoms with van der Waals surface area (Å²) in [4.78, 5) is 0. The van der Waals surface area contributed by atoms with Gasteiger partial charge in [-0.25, -0.2) is 4.68 Å². The number of halogens is 4. The van der Waals surface area contributed by atoms with Gasteiger partial charge in [0.05, 0.1) is 11.8 Å². The summed E-state index contributed by atoms with van der Waals surface area (Å²) < 4.78 is 38.8. The van der Waals surface area contributed by atoms with Gasteiger partial charge in [-0.15, -0.1) is 10.2 Å². The molecule has 0 N–H and O–H groups in total. The molecule has 0 spiro atoms. The zero-order chi connectivity index (χ0) is 14.3. The maximum Gasteiger partial charge on any atom is 0.419 e. The van der Waals surface area contributed by atoms with Gasteiger partial charge < -0.3 is 0 Å². The molecule has 0 aliphatic rings. The Labute approximate surface area is 115 Å². The highest BCUT2D eigenvalue weighted by atomic mass is 35.5. The van der Waals surface area contributed by atoms with Crippen LogP contribution in [0.2, 0.25) is 5.15 Å². The monoisotopic (exact) mass is 298 g/mol. The van der Waals surface area contributed by atoms with Gasteiger partial charge in [-0.05, 0) is 0 Å². The number of rotatable bonds is 1. The molecule has 3 rings (SSSR count). The summed E-state index contributed by atoms with van der Waals surface area (Å²) in [6, 6.07) is 6.89. The fourth-order valence-corrected chi connectivity index (χ4v) is 2.01. The molecule has 0 aliphatic heterocycles. The van der Waals surface area contributed by atoms with E-state index in [4.69, 9.17) is 11.6 Å². The van der Waals surface area contributed by atoms with Crippen LogP contribution in [-0.4, -0.2) is 20.0 Å². The predicted octanol–water partition coefficient (Wildman–Crippen LogP) is 3.49. The number of aromatic nitrogens is 4. The molecule has 102 valence electrons. The average molecular weight is 299 g/mol. The van der Waals surface area contributed by atoms with E-state index in [2.05, 4.69) is 15.3 Å². The highest BCUT2D eigenvalue weighted by molar-refractivity contribution is 6.34. The van der Waals surface area contributed by atoms with Crippen molar-refractivity contribution in [3.63, 3.8) is 0 Å². The van der Waals surface area contributed by atoms with Gasteiger partial charge in [0, 0.05) is 17.0 Å². The smallest absolute Gasteiger partial charge is 0.220 e. The van der Waals surface area contributed by atoms with Gasteiger partial charge in [0.1, 0.15) is 0 Å². The van der Waals surface area contributed by atoms with Crippen molar-refractivity contribution in [2.45, 2.75) is 6.18 Å². The summed E-state index contributed by atoms with van der Waals surface area (Å²) in [7, 11) is 0. The van der Waals surface area contributed by atoms with Crippen molar-refractivity contribution in [3.05, 3.63) is 47.4 Å². The Morgan fingerprint density at radius 3 is 2.40 bits per heavy atom. The van der Waals surface area contributed by atoms with Crippen LogP contribution in [-0.2, 0) is 6.18 Å². The fraction of sp³-hybridized carbons (Fsp3) is 0.0833. The van der Waals surface area contributed by atoms with Crippen LogP contribution in [0.5, 0.6) is 0 Å². The van der Waals surface area contributed by atoms with Crippen LogP contribution in [0.15, 0.2) is 36.7 Å². The lowest BCUT2D eigenvalue weighted by Gasteiger charge is -2.05. The van der Waals surface area contributed by atoms with E-state index in [0.717, 1.165) is 17.1 Å². The Morgan fingerprint density at radius 1 is 1.05 bits per heavy atom. The molecule has 2 heterocycles. The van der Waals surface area contributed by atoms with Crippen molar-refractivity contribution in [3.8, 4) is 5.82 Å². The van der Waals surface area contributed by atoms with Crippen LogP contribution in [0, 0.1) is 0 Å². The Balaban J connectivity index is 2.20. The number of benzene rings is 1. The largest absolute Gasteiger partial charge is 0.419 e. The summed E-state index contributed by atoms with van der Waals surface area (Å²) >= 11 is 5.91. The van der Waals surface area contributed by atoms with Gasteiger partial charge in [-0.2, -0.15) is 18.3 Å². The molecule has 0 fully saturated rings. The first-order valence-electron chi connectivity index (χ1n) is 5.50. The first-order chi connectivity index (χ1) is 9.47. The topological polar surface area (TPSA) is 43.6 Å². The molecule has 4 nitrogen and oxygen atoms in total. The van der Waals surface area contributed by atoms with Gasteiger partial charge in [0.2, 0.25) is 0 Å². The summed E-state index contributed by atoms with van der Waals surface area (Å²) in [6.45, 7) is 0. The van der Waals surface area contributed by atoms with Crippen molar-refractivity contribution in [1.82, 2.24) is 20.0 Å². The summed E-state index contributed by atoms with van der Waals surface area (Å²) in [6.07, 6.45) is -2.84. The van der Waals surface area contributed by atoms with Crippen molar-refractivity contribution < 1.29 is 13.2 Å². The Bertz CT molecular complexity index is 782. The fourth-order valence-electron chi connectivity index (χ4n) is 1.81. The molecule has 8 heteroatoms. The second-order valence-corrected chi connectivity index (χ2v) is 4.39. The molecule has 0 saturated carbocycles. The lowest BCUT2D eigenvalue weighted by molar-refractivity contribution is -0.137. The highest BCUT2D eigenvalue weighted by Gasteiger charge is 2.32. The van der Waals surface area contributed by atoms with E-state index >= 15 is 0 Å². The van der Waals surface area contributed by atoms with Crippen molar-refractivity contribution in [1.29, 1.82) is 0 Å². The molecule has 0 amide bonds. The number of hydrogen-bond donors (Lipinski definition) is 0. The second-order valence-electron chi connectivity index (χ2n) is 4.03. The first-order valence-corrected chi connectivity index (χ1v) is 5.88. The Morgan fingerprint density at radius 2 is 1.75 bits per heavy atom. The zero-order valence-corrected chi connectivity index (χ0v) is 10.5. The maximum atomic E-state index is 12.6. The molecule has 3 aromatic rings. The van der Waals surface area contributed by atoms with E-state index in [1.165, 1.54) is 0 Å². The van der Waals surface area contributed by atoms with Crippen LogP contribution >= 0.6 is 11.6 Å². The standard InChI is InChI=1S/C12H6ClF3N4/c13-10-8-3-1-2-4-9(8)11(19-18-10)20-6-7(5-17-20)12(14,15)16/h1-6H. The lowest BCUT2D eigenvalue weighted by Crippen LogP contribution is -2.04. The van der Waals surface area contributed by atoms with Gasteiger partial charge in [-0.3, -0.25) is 0 Å². The molecular weight excluding hydrogens is 293 g/mol. The van der Waals surface area contributed by atoms with E-state index in [9.17, 15) is 13.2 Å². The molecule has 0 aliphatic carbocycles. The minimum atomic E-state index is -4.45. The van der Waals surface area contributed by atoms with Crippen LogP contribution in [0.4, 0.5) is 13.2 Å². The lowest BCUT2D eigenvalue weighted by atomic mass is 10.2. The van der Waals surface area contributed by atoms with Crippen LogP contribution in [0.1, 0.15) is 5.56 Å². The summed E-state index contributed by atoms with van der Waals surface area (Å²) in [5.74, 6) is 0.195. The van der Waals surface area contributed by atoms with Crippen LogP contribution in [0.25, 0.3) is 16.6 Å². The number of fused-ring (bicyclic) bond motifs is 1.